The summed E-state index contributed by atoms with van der Waals surface area (Å²) in [7, 11) is -1.53. The second-order valence-electron chi connectivity index (χ2n) is 9.18. The molecule has 2 atom stereocenters. The number of halogens is 2. The first-order chi connectivity index (χ1) is 14.1. The summed E-state index contributed by atoms with van der Waals surface area (Å²) in [5.74, 6) is 0. The Balaban J connectivity index is 0.00000272. The van der Waals surface area contributed by atoms with Gasteiger partial charge in [0.1, 0.15) is 9.52 Å². The third kappa shape index (κ3) is 4.46. The molecule has 0 heterocycles. The topological polar surface area (TPSA) is 9.23 Å². The molecule has 0 aliphatic heterocycles. The Morgan fingerprint density at radius 1 is 0.968 bits per heavy atom. The number of hydrogen-bond acceptors (Lipinski definition) is 1. The van der Waals surface area contributed by atoms with Crippen LogP contribution in [0.2, 0.25) is 19.6 Å². The van der Waals surface area contributed by atoms with Gasteiger partial charge < -0.3 is 4.43 Å². The van der Waals surface area contributed by atoms with Crippen molar-refractivity contribution in [3.05, 3.63) is 81.2 Å². The van der Waals surface area contributed by atoms with E-state index >= 15 is 0 Å². The standard InChI is InChI=1S/C25H28Cl2OSi2.Zr/c1-6-15-24(26)20-13-9-7-11-18(20)16-22(24)29-23-17(2)19-12-8-10-14-21(19)25(23,27)28-30(3,4)5;/h7-14,16H,6,15H2,1-5H3;. The third-order valence-electron chi connectivity index (χ3n) is 5.79. The zero-order chi connectivity index (χ0) is 21.7. The van der Waals surface area contributed by atoms with E-state index in [0.29, 0.717) is 9.52 Å². The van der Waals surface area contributed by atoms with Gasteiger partial charge in [0.05, 0.1) is 4.87 Å². The van der Waals surface area contributed by atoms with E-state index in [2.05, 4.69) is 88.1 Å². The zero-order valence-corrected chi connectivity index (χ0v) is 24.7. The molecule has 2 aliphatic carbocycles. The molecule has 2 unspecified atom stereocenters. The molecule has 2 aromatic rings. The van der Waals surface area contributed by atoms with Crippen molar-refractivity contribution in [2.75, 3.05) is 0 Å². The average molecular weight is 563 g/mol. The Morgan fingerprint density at radius 2 is 1.58 bits per heavy atom. The van der Waals surface area contributed by atoms with Crippen molar-refractivity contribution in [1.82, 2.24) is 0 Å². The van der Waals surface area contributed by atoms with E-state index in [1.165, 1.54) is 27.5 Å². The molecule has 0 spiro atoms. The molecule has 4 rings (SSSR count). The molecule has 0 amide bonds. The Kier molecular flexibility index (Phi) is 7.54. The Morgan fingerprint density at radius 3 is 2.23 bits per heavy atom. The molecule has 0 N–H and O–H groups in total. The van der Waals surface area contributed by atoms with Crippen molar-refractivity contribution < 1.29 is 30.6 Å². The van der Waals surface area contributed by atoms with Crippen molar-refractivity contribution >= 4 is 52.7 Å². The van der Waals surface area contributed by atoms with Gasteiger partial charge in [-0.3, -0.25) is 0 Å². The van der Waals surface area contributed by atoms with Crippen LogP contribution in [0.25, 0.3) is 11.6 Å². The number of hydrogen-bond donors (Lipinski definition) is 0. The number of benzene rings is 2. The fourth-order valence-electron chi connectivity index (χ4n) is 4.59. The summed E-state index contributed by atoms with van der Waals surface area (Å²) >= 11 is 14.8. The average Bonchev–Trinajstić information content (AvgIpc) is 3.06. The normalized spacial score (nSPS) is 24.5. The summed E-state index contributed by atoms with van der Waals surface area (Å²) in [5, 5.41) is 1.50. The summed E-state index contributed by atoms with van der Waals surface area (Å²) in [6, 6.07) is 16.9. The van der Waals surface area contributed by atoms with Gasteiger partial charge in [0, 0.05) is 31.8 Å². The van der Waals surface area contributed by atoms with E-state index < -0.39 is 18.3 Å². The molecular weight excluding hydrogens is 535 g/mol. The van der Waals surface area contributed by atoms with E-state index in [0.717, 1.165) is 23.6 Å². The van der Waals surface area contributed by atoms with Crippen molar-refractivity contribution in [2.45, 2.75) is 56.3 Å². The SMILES string of the molecule is CCCC1(Cl)C([Si]C2=C(C)c3ccccc3C2(Cl)O[Si](C)(C)C)=Cc2ccccc21.[Zr]. The Bertz CT molecular complexity index is 1060. The molecule has 31 heavy (non-hydrogen) atoms. The van der Waals surface area contributed by atoms with Crippen LogP contribution in [0.4, 0.5) is 0 Å². The molecule has 1 nitrogen and oxygen atoms in total. The summed E-state index contributed by atoms with van der Waals surface area (Å²) in [5.41, 5.74) is 5.94. The summed E-state index contributed by atoms with van der Waals surface area (Å²) < 4.78 is 6.69. The molecule has 0 saturated heterocycles. The van der Waals surface area contributed by atoms with Gasteiger partial charge in [-0.15, -0.1) is 11.6 Å². The molecule has 0 fully saturated rings. The van der Waals surface area contributed by atoms with Gasteiger partial charge in [-0.05, 0) is 60.4 Å². The molecule has 2 radical (unpaired) electrons. The van der Waals surface area contributed by atoms with E-state index in [9.17, 15) is 0 Å². The first kappa shape index (κ1) is 25.4. The fourth-order valence-corrected chi connectivity index (χ4v) is 9.07. The number of rotatable bonds is 6. The summed E-state index contributed by atoms with van der Waals surface area (Å²) in [6.07, 6.45) is 4.22. The van der Waals surface area contributed by atoms with E-state index in [1.807, 2.05) is 0 Å². The van der Waals surface area contributed by atoms with Crippen LogP contribution in [0.1, 0.15) is 48.9 Å². The Hall–Kier alpha value is -0.223. The number of alkyl halides is 2. The number of fused-ring (bicyclic) bond motifs is 2. The van der Waals surface area contributed by atoms with Gasteiger partial charge >= 0.3 is 0 Å². The van der Waals surface area contributed by atoms with E-state index in [-0.39, 0.29) is 26.2 Å². The summed E-state index contributed by atoms with van der Waals surface area (Å²) in [4.78, 5) is -0.469. The largest absolute Gasteiger partial charge is 0.393 e. The van der Waals surface area contributed by atoms with Crippen LogP contribution in [0.5, 0.6) is 0 Å². The van der Waals surface area contributed by atoms with Crippen LogP contribution < -0.4 is 0 Å². The van der Waals surface area contributed by atoms with Gasteiger partial charge in [0.2, 0.25) is 0 Å². The monoisotopic (exact) mass is 560 g/mol. The third-order valence-corrected chi connectivity index (χ3v) is 10.0. The first-order valence-corrected chi connectivity index (χ1v) is 15.7. The Labute approximate surface area is 219 Å². The second kappa shape index (κ2) is 9.20. The fraction of sp³-hybridized carbons (Fsp3) is 0.360. The zero-order valence-electron chi connectivity index (χ0n) is 18.8. The maximum Gasteiger partial charge on any atom is 0.186 e. The maximum atomic E-state index is 7.40. The minimum absolute atomic E-state index is 0. The molecule has 2 aliphatic rings. The van der Waals surface area contributed by atoms with Gasteiger partial charge in [-0.25, -0.2) is 0 Å². The van der Waals surface area contributed by atoms with Crippen LogP contribution in [0, 0.1) is 0 Å². The van der Waals surface area contributed by atoms with Crippen molar-refractivity contribution in [1.29, 1.82) is 0 Å². The van der Waals surface area contributed by atoms with Gasteiger partial charge in [-0.1, -0.05) is 84.7 Å². The van der Waals surface area contributed by atoms with Gasteiger partial charge in [0.25, 0.3) is 0 Å². The van der Waals surface area contributed by atoms with Crippen molar-refractivity contribution in [3.63, 3.8) is 0 Å². The minimum atomic E-state index is -1.92. The van der Waals surface area contributed by atoms with Crippen LogP contribution in [-0.4, -0.2) is 17.8 Å². The van der Waals surface area contributed by atoms with Crippen LogP contribution in [0.15, 0.2) is 58.9 Å². The first-order valence-electron chi connectivity index (χ1n) is 10.6. The molecule has 2 aromatic carbocycles. The van der Waals surface area contributed by atoms with E-state index in [1.54, 1.807) is 0 Å². The maximum absolute atomic E-state index is 7.40. The van der Waals surface area contributed by atoms with Crippen LogP contribution in [0.3, 0.4) is 0 Å². The smallest absolute Gasteiger partial charge is 0.186 e. The van der Waals surface area contributed by atoms with Crippen LogP contribution >= 0.6 is 23.2 Å². The van der Waals surface area contributed by atoms with Crippen LogP contribution in [-0.2, 0) is 40.6 Å². The molecule has 6 heteroatoms. The minimum Gasteiger partial charge on any atom is -0.393 e. The number of allylic oxidation sites excluding steroid dienone is 2. The quantitative estimate of drug-likeness (QED) is 0.259. The molecule has 0 aromatic heterocycles. The van der Waals surface area contributed by atoms with E-state index in [4.69, 9.17) is 27.6 Å². The summed E-state index contributed by atoms with van der Waals surface area (Å²) in [6.45, 7) is 11.0. The predicted molar refractivity (Wildman–Crippen MR) is 134 cm³/mol. The predicted octanol–water partition coefficient (Wildman–Crippen LogP) is 7.66. The molecule has 0 saturated carbocycles. The van der Waals surface area contributed by atoms with Gasteiger partial charge in [-0.2, -0.15) is 0 Å². The van der Waals surface area contributed by atoms with Crippen molar-refractivity contribution in [3.8, 4) is 0 Å². The second-order valence-corrected chi connectivity index (χ2v) is 16.1. The molecule has 0 bridgehead atoms. The molecule has 160 valence electrons. The molecular formula is C25H28Cl2OSi2Zr. The van der Waals surface area contributed by atoms with Crippen molar-refractivity contribution in [2.24, 2.45) is 0 Å². The van der Waals surface area contributed by atoms with Gasteiger partial charge in [0.15, 0.2) is 13.4 Å².